The molecule has 298 valence electrons. The van der Waals surface area contributed by atoms with E-state index in [4.69, 9.17) is 18.9 Å². The number of ether oxygens (including phenoxy) is 4. The zero-order valence-electron chi connectivity index (χ0n) is 32.0. The van der Waals surface area contributed by atoms with Gasteiger partial charge in [0, 0.05) is 24.2 Å². The number of benzene rings is 2. The molecule has 4 aliphatic rings. The number of hydrogen-bond donors (Lipinski definition) is 6. The predicted molar refractivity (Wildman–Crippen MR) is 194 cm³/mol. The summed E-state index contributed by atoms with van der Waals surface area (Å²) in [5, 5.41) is 63.2. The van der Waals surface area contributed by atoms with Crippen LogP contribution in [0.1, 0.15) is 83.3 Å². The summed E-state index contributed by atoms with van der Waals surface area (Å²) in [6, 6.07) is 14.7. The number of esters is 2. The number of alkyl carbamates (subject to hydrolysis) is 1. The molecule has 14 nitrogen and oxygen atoms in total. The van der Waals surface area contributed by atoms with Gasteiger partial charge in [0.1, 0.15) is 35.1 Å². The molecule has 0 radical (unpaired) electrons. The van der Waals surface area contributed by atoms with E-state index in [9.17, 15) is 44.7 Å². The Hall–Kier alpha value is -4.18. The Morgan fingerprint density at radius 2 is 1.55 bits per heavy atom. The molecule has 1 amide bonds. The van der Waals surface area contributed by atoms with Crippen LogP contribution in [0, 0.1) is 16.7 Å². The highest BCUT2D eigenvalue weighted by atomic mass is 16.6. The molecule has 3 aliphatic carbocycles. The van der Waals surface area contributed by atoms with Gasteiger partial charge in [-0.05, 0) is 63.5 Å². The van der Waals surface area contributed by atoms with Gasteiger partial charge in [0.2, 0.25) is 0 Å². The van der Waals surface area contributed by atoms with Crippen LogP contribution < -0.4 is 5.32 Å². The number of ketones is 1. The maximum absolute atomic E-state index is 14.7. The van der Waals surface area contributed by atoms with E-state index in [0.717, 1.165) is 0 Å². The van der Waals surface area contributed by atoms with Crippen molar-refractivity contribution in [1.29, 1.82) is 0 Å². The number of fused-ring (bicyclic) bond motifs is 5. The Balaban J connectivity index is 1.45. The monoisotopic (exact) mass is 765 g/mol. The first-order chi connectivity index (χ1) is 25.6. The third-order valence-corrected chi connectivity index (χ3v) is 12.3. The summed E-state index contributed by atoms with van der Waals surface area (Å²) in [6.45, 7) is 10.6. The predicted octanol–water partition coefficient (Wildman–Crippen LogP) is 2.69. The Kier molecular flexibility index (Phi) is 10.4. The van der Waals surface area contributed by atoms with Gasteiger partial charge in [-0.25, -0.2) is 14.4 Å². The summed E-state index contributed by atoms with van der Waals surface area (Å²) < 4.78 is 23.2. The van der Waals surface area contributed by atoms with Gasteiger partial charge in [0.25, 0.3) is 0 Å². The lowest BCUT2D eigenvalue weighted by Crippen LogP contribution is -2.81. The molecule has 2 aromatic carbocycles. The number of hydrogen-bond acceptors (Lipinski definition) is 13. The van der Waals surface area contributed by atoms with Gasteiger partial charge < -0.3 is 49.8 Å². The lowest BCUT2D eigenvalue weighted by atomic mass is 9.44. The van der Waals surface area contributed by atoms with Crippen molar-refractivity contribution in [2.45, 2.75) is 121 Å². The zero-order valence-corrected chi connectivity index (χ0v) is 32.0. The highest BCUT2D eigenvalue weighted by Crippen LogP contribution is 2.63. The molecular weight excluding hydrogens is 714 g/mol. The molecule has 6 rings (SSSR count). The normalized spacial score (nSPS) is 35.0. The number of nitrogens with one attached hydrogen (secondary N) is 1. The van der Waals surface area contributed by atoms with E-state index < -0.39 is 106 Å². The minimum atomic E-state index is -2.31. The topological polar surface area (TPSA) is 218 Å². The first kappa shape index (κ1) is 40.5. The standard InChI is InChI=1S/C41H51NO13/c1-21-24(53-35(48)30(45)28(22-14-10-8-11-15-22)42-36(49)55-37(2,3)4)19-41(51)33(54-34(47)23-16-12-9-13-17-23)31-39(7,25(43)18-26-40(31,50)20-52-26)32(46)29(44)27(21)38(41,5)6/h8-17,24-26,28-31,33,43-45,50-51H,18-20H2,1-7H3,(H,42,49)/t24-,25-,26+,28+,29+,30+,31-,33-,39+,40-,41+/m0/s1. The summed E-state index contributed by atoms with van der Waals surface area (Å²) >= 11 is 0. The number of carbonyl (C=O) groups is 4. The van der Waals surface area contributed by atoms with Crippen molar-refractivity contribution in [3.63, 3.8) is 0 Å². The van der Waals surface area contributed by atoms with E-state index >= 15 is 0 Å². The average Bonchev–Trinajstić information content (AvgIpc) is 3.12. The van der Waals surface area contributed by atoms with Crippen LogP contribution in [0.25, 0.3) is 0 Å². The summed E-state index contributed by atoms with van der Waals surface area (Å²) in [5.41, 5.74) is -8.10. The van der Waals surface area contributed by atoms with Crippen LogP contribution in [0.4, 0.5) is 4.79 Å². The van der Waals surface area contributed by atoms with Gasteiger partial charge in [-0.3, -0.25) is 4.79 Å². The Bertz CT molecular complexity index is 1860. The van der Waals surface area contributed by atoms with Gasteiger partial charge in [-0.2, -0.15) is 0 Å². The van der Waals surface area contributed by atoms with Gasteiger partial charge in [-0.1, -0.05) is 62.4 Å². The largest absolute Gasteiger partial charge is 0.456 e. The van der Waals surface area contributed by atoms with Crippen LogP contribution in [0.3, 0.4) is 0 Å². The van der Waals surface area contributed by atoms with Crippen molar-refractivity contribution in [3.05, 3.63) is 82.9 Å². The first-order valence-corrected chi connectivity index (χ1v) is 18.4. The van der Waals surface area contributed by atoms with Gasteiger partial charge in [0.15, 0.2) is 11.9 Å². The summed E-state index contributed by atoms with van der Waals surface area (Å²) in [5.74, 6) is -4.55. The maximum atomic E-state index is 14.7. The number of Topliss-reactive ketones (excluding diaryl/α,β-unsaturated/α-hetero) is 1. The van der Waals surface area contributed by atoms with E-state index in [1.54, 1.807) is 83.1 Å². The van der Waals surface area contributed by atoms with Crippen LogP contribution in [0.15, 0.2) is 71.8 Å². The fraction of sp³-hybridized carbons (Fsp3) is 0.561. The van der Waals surface area contributed by atoms with Gasteiger partial charge in [-0.15, -0.1) is 0 Å². The third-order valence-electron chi connectivity index (χ3n) is 12.3. The minimum Gasteiger partial charge on any atom is -0.456 e. The average molecular weight is 766 g/mol. The molecule has 1 saturated heterocycles. The molecule has 11 atom stereocenters. The zero-order chi connectivity index (χ0) is 40.5. The van der Waals surface area contributed by atoms with Crippen LogP contribution in [-0.2, 0) is 28.5 Å². The molecule has 2 saturated carbocycles. The molecule has 3 fully saturated rings. The molecule has 1 aliphatic heterocycles. The van der Waals surface area contributed by atoms with E-state index in [0.29, 0.717) is 5.56 Å². The summed E-state index contributed by atoms with van der Waals surface area (Å²) in [4.78, 5) is 55.5. The molecule has 0 unspecified atom stereocenters. The molecular formula is C41H51NO13. The molecule has 0 aromatic heterocycles. The Labute approximate surface area is 319 Å². The summed E-state index contributed by atoms with van der Waals surface area (Å²) in [7, 11) is 0. The number of amides is 1. The fourth-order valence-electron chi connectivity index (χ4n) is 9.16. The number of rotatable bonds is 7. The van der Waals surface area contributed by atoms with Crippen molar-refractivity contribution in [2.75, 3.05) is 6.61 Å². The fourth-order valence-corrected chi connectivity index (χ4v) is 9.16. The van der Waals surface area contributed by atoms with Crippen molar-refractivity contribution in [2.24, 2.45) is 16.7 Å². The second-order valence-corrected chi connectivity index (χ2v) is 17.0. The van der Waals surface area contributed by atoms with Crippen molar-refractivity contribution in [1.82, 2.24) is 5.32 Å². The summed E-state index contributed by atoms with van der Waals surface area (Å²) in [6.07, 6.45) is -11.3. The number of aliphatic hydroxyl groups is 5. The van der Waals surface area contributed by atoms with Gasteiger partial charge in [0.05, 0.1) is 35.8 Å². The van der Waals surface area contributed by atoms with E-state index in [1.165, 1.54) is 26.0 Å². The molecule has 0 spiro atoms. The molecule has 55 heavy (non-hydrogen) atoms. The van der Waals surface area contributed by atoms with E-state index in [1.807, 2.05) is 0 Å². The van der Waals surface area contributed by atoms with Crippen molar-refractivity contribution < 1.29 is 63.7 Å². The van der Waals surface area contributed by atoms with Crippen molar-refractivity contribution in [3.8, 4) is 0 Å². The molecule has 6 N–H and O–H groups in total. The lowest BCUT2D eigenvalue weighted by Gasteiger charge is -2.66. The minimum absolute atomic E-state index is 0.0448. The Morgan fingerprint density at radius 3 is 2.11 bits per heavy atom. The highest BCUT2D eigenvalue weighted by Gasteiger charge is 2.76. The van der Waals surface area contributed by atoms with Crippen LogP contribution >= 0.6 is 0 Å². The van der Waals surface area contributed by atoms with Gasteiger partial charge >= 0.3 is 18.0 Å². The lowest BCUT2D eigenvalue weighted by molar-refractivity contribution is -0.343. The number of carbonyl (C=O) groups excluding carboxylic acids is 4. The molecule has 1 heterocycles. The van der Waals surface area contributed by atoms with Crippen LogP contribution in [0.5, 0.6) is 0 Å². The second kappa shape index (κ2) is 14.1. The van der Waals surface area contributed by atoms with Crippen LogP contribution in [0.2, 0.25) is 0 Å². The maximum Gasteiger partial charge on any atom is 0.408 e. The molecule has 14 heteroatoms. The Morgan fingerprint density at radius 1 is 0.945 bits per heavy atom. The SMILES string of the molecule is CC1=C2[C@@H](O)C(=O)[C@@]3(C)[C@H]([C@H](OC(=O)c4ccccc4)[C@](O)(C[C@@H]1OC(=O)[C@H](O)[C@H](NC(=O)OC(C)(C)C)c1ccccc1)C2(C)C)[C@]1(O)CO[C@@H]1C[C@@H]3O. The third kappa shape index (κ3) is 6.66. The van der Waals surface area contributed by atoms with E-state index in [2.05, 4.69) is 5.32 Å². The smallest absolute Gasteiger partial charge is 0.408 e. The second-order valence-electron chi connectivity index (χ2n) is 17.0. The number of aliphatic hydroxyl groups excluding tert-OH is 3. The first-order valence-electron chi connectivity index (χ1n) is 18.4. The molecule has 2 bridgehead atoms. The quantitative estimate of drug-likeness (QED) is 0.136. The molecule has 2 aromatic rings. The van der Waals surface area contributed by atoms with Crippen molar-refractivity contribution >= 4 is 23.8 Å². The highest BCUT2D eigenvalue weighted by molar-refractivity contribution is 5.94. The van der Waals surface area contributed by atoms with Crippen LogP contribution in [-0.4, -0.2) is 109 Å². The van der Waals surface area contributed by atoms with E-state index in [-0.39, 0.29) is 29.7 Å².